The Morgan fingerprint density at radius 1 is 1.05 bits per heavy atom. The second-order valence-electron chi connectivity index (χ2n) is 5.64. The minimum absolute atomic E-state index is 0.0714. The van der Waals surface area contributed by atoms with E-state index >= 15 is 0 Å². The van der Waals surface area contributed by atoms with Gasteiger partial charge in [-0.2, -0.15) is 30.2 Å². The maximum atomic E-state index is 12.6. The average molecular weight is 349 g/mol. The van der Waals surface area contributed by atoms with Crippen molar-refractivity contribution in [1.82, 2.24) is 8.61 Å². The van der Waals surface area contributed by atoms with Gasteiger partial charge in [-0.1, -0.05) is 6.42 Å². The Labute approximate surface area is 128 Å². The number of rotatable bonds is 3. The topological polar surface area (TPSA) is 40.6 Å². The van der Waals surface area contributed by atoms with Crippen LogP contribution in [0.3, 0.4) is 0 Å². The van der Waals surface area contributed by atoms with Gasteiger partial charge in [0.2, 0.25) is 0 Å². The van der Waals surface area contributed by atoms with Crippen molar-refractivity contribution in [2.24, 2.45) is 5.92 Å². The molecule has 2 aliphatic heterocycles. The number of nitrogens with zero attached hydrogens (tertiary/aromatic N) is 2. The van der Waals surface area contributed by atoms with Crippen LogP contribution in [-0.2, 0) is 10.2 Å². The summed E-state index contributed by atoms with van der Waals surface area (Å²) in [6.45, 7) is 0.259. The van der Waals surface area contributed by atoms with Crippen molar-refractivity contribution in [1.29, 1.82) is 0 Å². The Balaban J connectivity index is 2.04. The predicted octanol–water partition coefficient (Wildman–Crippen LogP) is 2.60. The molecule has 0 spiro atoms. The summed E-state index contributed by atoms with van der Waals surface area (Å²) in [6.07, 6.45) is -2.16. The highest BCUT2D eigenvalue weighted by Gasteiger charge is 2.44. The summed E-state index contributed by atoms with van der Waals surface area (Å²) < 4.78 is 65.6. The maximum absolute atomic E-state index is 12.6. The Bertz CT molecular complexity index is 450. The minimum Gasteiger partial charge on any atom is -0.195 e. The molecule has 2 fully saturated rings. The molecule has 0 aromatic carbocycles. The maximum Gasteiger partial charge on any atom is 0.391 e. The summed E-state index contributed by atoms with van der Waals surface area (Å²) in [5.41, 5.74) is 0. The van der Waals surface area contributed by atoms with E-state index in [-0.39, 0.29) is 37.9 Å². The van der Waals surface area contributed by atoms with Crippen LogP contribution in [0.2, 0.25) is 0 Å². The van der Waals surface area contributed by atoms with E-state index in [2.05, 4.69) is 0 Å². The van der Waals surface area contributed by atoms with Crippen LogP contribution in [0.4, 0.5) is 13.2 Å². The highest BCUT2D eigenvalue weighted by molar-refractivity contribution is 7.86. The third-order valence-corrected chi connectivity index (χ3v) is 6.74. The molecule has 0 N–H and O–H groups in total. The van der Waals surface area contributed by atoms with E-state index in [9.17, 15) is 21.6 Å². The van der Waals surface area contributed by atoms with Crippen LogP contribution in [0, 0.1) is 5.92 Å². The van der Waals surface area contributed by atoms with Crippen LogP contribution in [-0.4, -0.2) is 54.8 Å². The van der Waals surface area contributed by atoms with Gasteiger partial charge in [0.05, 0.1) is 5.92 Å². The first-order chi connectivity index (χ1) is 9.76. The first-order valence-electron chi connectivity index (χ1n) is 7.16. The fourth-order valence-electron chi connectivity index (χ4n) is 2.99. The molecule has 9 heteroatoms. The van der Waals surface area contributed by atoms with Gasteiger partial charge in [-0.25, -0.2) is 0 Å². The zero-order chi connectivity index (χ0) is 15.7. The van der Waals surface area contributed by atoms with E-state index in [1.54, 1.807) is 0 Å². The van der Waals surface area contributed by atoms with E-state index < -0.39 is 22.3 Å². The van der Waals surface area contributed by atoms with Gasteiger partial charge in [0.1, 0.15) is 0 Å². The third kappa shape index (κ3) is 3.83. The van der Waals surface area contributed by atoms with E-state index in [1.165, 1.54) is 8.61 Å². The summed E-state index contributed by atoms with van der Waals surface area (Å²) in [4.78, 5) is 0. The quantitative estimate of drug-likeness (QED) is 0.736. The zero-order valence-electron chi connectivity index (χ0n) is 11.6. The first kappa shape index (κ1) is 17.3. The largest absolute Gasteiger partial charge is 0.391 e. The van der Waals surface area contributed by atoms with Gasteiger partial charge in [-0.05, 0) is 25.7 Å². The van der Waals surface area contributed by atoms with Crippen LogP contribution in [0.25, 0.3) is 0 Å². The van der Waals surface area contributed by atoms with E-state index in [0.29, 0.717) is 13.0 Å². The minimum atomic E-state index is -4.24. The van der Waals surface area contributed by atoms with Gasteiger partial charge in [0.25, 0.3) is 10.2 Å². The van der Waals surface area contributed by atoms with Crippen molar-refractivity contribution in [3.63, 3.8) is 0 Å². The summed E-state index contributed by atoms with van der Waals surface area (Å²) >= 11 is 5.83. The lowest BCUT2D eigenvalue weighted by Crippen LogP contribution is -2.53. The molecule has 4 nitrogen and oxygen atoms in total. The van der Waals surface area contributed by atoms with Crippen LogP contribution < -0.4 is 0 Å². The fourth-order valence-corrected chi connectivity index (χ4v) is 5.28. The highest BCUT2D eigenvalue weighted by Crippen LogP contribution is 2.35. The zero-order valence-corrected chi connectivity index (χ0v) is 13.2. The van der Waals surface area contributed by atoms with Crippen molar-refractivity contribution in [2.75, 3.05) is 25.5 Å². The fraction of sp³-hybridized carbons (Fsp3) is 1.00. The summed E-state index contributed by atoms with van der Waals surface area (Å²) in [5, 5.41) is 0. The second-order valence-corrected chi connectivity index (χ2v) is 7.83. The standard InChI is InChI=1S/C12H20ClF3N2O2S/c13-9-11-3-1-2-6-18(11)21(19,20)17-7-4-10(5-8-17)12(14,15)16/h10-11H,1-9H2. The lowest BCUT2D eigenvalue weighted by molar-refractivity contribution is -0.182. The molecule has 124 valence electrons. The van der Waals surface area contributed by atoms with Gasteiger partial charge < -0.3 is 0 Å². The number of hydrogen-bond acceptors (Lipinski definition) is 2. The Kier molecular flexibility index (Phi) is 5.44. The van der Waals surface area contributed by atoms with Crippen LogP contribution in [0.1, 0.15) is 32.1 Å². The lowest BCUT2D eigenvalue weighted by Gasteiger charge is -2.39. The monoisotopic (exact) mass is 348 g/mol. The Morgan fingerprint density at radius 3 is 2.19 bits per heavy atom. The van der Waals surface area contributed by atoms with Crippen LogP contribution in [0.15, 0.2) is 0 Å². The molecule has 2 saturated heterocycles. The molecule has 0 aliphatic carbocycles. The lowest BCUT2D eigenvalue weighted by atomic mass is 9.98. The molecule has 0 radical (unpaired) electrons. The highest BCUT2D eigenvalue weighted by atomic mass is 35.5. The molecular formula is C12H20ClF3N2O2S. The number of hydrogen-bond donors (Lipinski definition) is 0. The van der Waals surface area contributed by atoms with E-state index in [4.69, 9.17) is 11.6 Å². The molecule has 2 aliphatic rings. The van der Waals surface area contributed by atoms with Crippen molar-refractivity contribution >= 4 is 21.8 Å². The smallest absolute Gasteiger partial charge is 0.195 e. The van der Waals surface area contributed by atoms with Crippen molar-refractivity contribution in [3.05, 3.63) is 0 Å². The average Bonchev–Trinajstić information content (AvgIpc) is 2.46. The van der Waals surface area contributed by atoms with Gasteiger partial charge in [-0.15, -0.1) is 11.6 Å². The van der Waals surface area contributed by atoms with Gasteiger partial charge in [0.15, 0.2) is 0 Å². The van der Waals surface area contributed by atoms with Crippen molar-refractivity contribution < 1.29 is 21.6 Å². The molecule has 0 aromatic rings. The molecule has 1 unspecified atom stereocenters. The van der Waals surface area contributed by atoms with Crippen LogP contribution in [0.5, 0.6) is 0 Å². The van der Waals surface area contributed by atoms with Crippen molar-refractivity contribution in [2.45, 2.75) is 44.3 Å². The molecule has 0 amide bonds. The van der Waals surface area contributed by atoms with E-state index in [1.807, 2.05) is 0 Å². The molecule has 2 rings (SSSR count). The molecular weight excluding hydrogens is 329 g/mol. The molecule has 0 aromatic heterocycles. The SMILES string of the molecule is O=S(=O)(N1CCC(C(F)(F)F)CC1)N1CCCCC1CCl. The second kappa shape index (κ2) is 6.60. The van der Waals surface area contributed by atoms with Crippen LogP contribution >= 0.6 is 11.6 Å². The molecule has 2 heterocycles. The Morgan fingerprint density at radius 2 is 1.67 bits per heavy atom. The summed E-state index contributed by atoms with van der Waals surface area (Å²) in [6, 6.07) is -0.245. The molecule has 0 saturated carbocycles. The number of piperidine rings is 2. The van der Waals surface area contributed by atoms with E-state index in [0.717, 1.165) is 12.8 Å². The predicted molar refractivity (Wildman–Crippen MR) is 74.3 cm³/mol. The van der Waals surface area contributed by atoms with Crippen molar-refractivity contribution in [3.8, 4) is 0 Å². The summed E-state index contributed by atoms with van der Waals surface area (Å²) in [5.74, 6) is -1.17. The molecule has 21 heavy (non-hydrogen) atoms. The first-order valence-corrected chi connectivity index (χ1v) is 9.09. The number of alkyl halides is 4. The van der Waals surface area contributed by atoms with Gasteiger partial charge in [0, 0.05) is 31.6 Å². The Hall–Kier alpha value is -0.0500. The van der Waals surface area contributed by atoms with Gasteiger partial charge >= 0.3 is 6.18 Å². The molecule has 1 atom stereocenters. The number of halogens is 4. The summed E-state index contributed by atoms with van der Waals surface area (Å²) in [7, 11) is -3.70. The normalized spacial score (nSPS) is 27.9. The molecule has 0 bridgehead atoms. The third-order valence-electron chi connectivity index (χ3n) is 4.29. The van der Waals surface area contributed by atoms with Gasteiger partial charge in [-0.3, -0.25) is 0 Å².